The minimum absolute atomic E-state index is 0.112. The maximum Gasteiger partial charge on any atom is 0.338 e. The van der Waals surface area contributed by atoms with E-state index in [-0.39, 0.29) is 12.3 Å². The van der Waals surface area contributed by atoms with Gasteiger partial charge < -0.3 is 20.0 Å². The largest absolute Gasteiger partial charge is 0.462 e. The lowest BCUT2D eigenvalue weighted by Gasteiger charge is -2.08. The number of amides is 1. The number of anilines is 1. The lowest BCUT2D eigenvalue weighted by molar-refractivity contribution is 0.0526. The first-order chi connectivity index (χ1) is 10.0. The summed E-state index contributed by atoms with van der Waals surface area (Å²) >= 11 is 3.27. The molecule has 0 saturated heterocycles. The van der Waals surface area contributed by atoms with Gasteiger partial charge in [-0.1, -0.05) is 0 Å². The van der Waals surface area contributed by atoms with Crippen LogP contribution in [-0.2, 0) is 4.74 Å². The summed E-state index contributed by atoms with van der Waals surface area (Å²) in [4.78, 5) is 39.1. The van der Waals surface area contributed by atoms with Gasteiger partial charge in [0.25, 0.3) is 5.91 Å². The first-order valence-corrected chi connectivity index (χ1v) is 6.86. The van der Waals surface area contributed by atoms with Gasteiger partial charge in [0.15, 0.2) is 0 Å². The van der Waals surface area contributed by atoms with Gasteiger partial charge in [-0.15, -0.1) is 0 Å². The first kappa shape index (κ1) is 15.0. The van der Waals surface area contributed by atoms with E-state index in [0.717, 1.165) is 0 Å². The number of H-pyrrole nitrogens is 2. The molecule has 0 radical (unpaired) electrons. The number of hydrogen-bond donors (Lipinski definition) is 3. The third kappa shape index (κ3) is 3.60. The number of ether oxygens (including phenoxy) is 1. The predicted molar refractivity (Wildman–Crippen MR) is 79.5 cm³/mol. The maximum absolute atomic E-state index is 11.9. The number of halogens is 1. The monoisotopic (exact) mass is 353 g/mol. The first-order valence-electron chi connectivity index (χ1n) is 6.07. The number of carbonyl (C=O) groups is 2. The van der Waals surface area contributed by atoms with Gasteiger partial charge in [-0.05, 0) is 41.1 Å². The summed E-state index contributed by atoms with van der Waals surface area (Å²) < 4.78 is 5.41. The molecule has 1 amide bonds. The number of carbonyl (C=O) groups excluding carboxylic acids is 2. The molecule has 7 nitrogen and oxygen atoms in total. The maximum atomic E-state index is 11.9. The van der Waals surface area contributed by atoms with E-state index in [0.29, 0.717) is 15.7 Å². The van der Waals surface area contributed by atoms with Crippen LogP contribution in [0.25, 0.3) is 0 Å². The Hall–Kier alpha value is -2.35. The van der Waals surface area contributed by atoms with Gasteiger partial charge in [0.2, 0.25) is 0 Å². The molecule has 0 aliphatic rings. The van der Waals surface area contributed by atoms with E-state index in [1.807, 2.05) is 0 Å². The third-order valence-corrected chi connectivity index (χ3v) is 3.22. The summed E-state index contributed by atoms with van der Waals surface area (Å²) in [5, 5.41) is 2.61. The molecule has 0 bridgehead atoms. The molecular formula is C13H12BrN3O4. The zero-order valence-electron chi connectivity index (χ0n) is 11.0. The van der Waals surface area contributed by atoms with Gasteiger partial charge in [-0.3, -0.25) is 4.79 Å². The lowest BCUT2D eigenvalue weighted by Crippen LogP contribution is -2.14. The van der Waals surface area contributed by atoms with Gasteiger partial charge in [0.1, 0.15) is 5.69 Å². The second kappa shape index (κ2) is 6.40. The van der Waals surface area contributed by atoms with Crippen molar-refractivity contribution in [2.45, 2.75) is 6.92 Å². The van der Waals surface area contributed by atoms with Crippen molar-refractivity contribution in [3.8, 4) is 0 Å². The Labute approximate surface area is 127 Å². The van der Waals surface area contributed by atoms with Crippen LogP contribution < -0.4 is 11.0 Å². The van der Waals surface area contributed by atoms with E-state index in [2.05, 4.69) is 31.2 Å². The highest BCUT2D eigenvalue weighted by Crippen LogP contribution is 2.24. The predicted octanol–water partition coefficient (Wildman–Crippen LogP) is 1.89. The fraction of sp³-hybridized carbons (Fsp3) is 0.154. The van der Waals surface area contributed by atoms with E-state index in [4.69, 9.17) is 4.74 Å². The van der Waals surface area contributed by atoms with E-state index in [1.54, 1.807) is 19.1 Å². The number of imidazole rings is 1. The van der Waals surface area contributed by atoms with Crippen LogP contribution in [0.3, 0.4) is 0 Å². The average Bonchev–Trinajstić information content (AvgIpc) is 2.88. The highest BCUT2D eigenvalue weighted by Gasteiger charge is 2.13. The number of rotatable bonds is 4. The van der Waals surface area contributed by atoms with Crippen LogP contribution >= 0.6 is 15.9 Å². The molecular weight excluding hydrogens is 342 g/mol. The molecule has 0 aliphatic carbocycles. The van der Waals surface area contributed by atoms with Crippen molar-refractivity contribution in [2.24, 2.45) is 0 Å². The van der Waals surface area contributed by atoms with Crippen molar-refractivity contribution in [1.82, 2.24) is 9.97 Å². The highest BCUT2D eigenvalue weighted by atomic mass is 79.9. The van der Waals surface area contributed by atoms with Crippen LogP contribution in [0.2, 0.25) is 0 Å². The zero-order valence-corrected chi connectivity index (χ0v) is 12.6. The number of benzene rings is 1. The average molecular weight is 354 g/mol. The quantitative estimate of drug-likeness (QED) is 0.730. The molecule has 1 heterocycles. The Bertz CT molecular complexity index is 735. The third-order valence-electron chi connectivity index (χ3n) is 2.57. The van der Waals surface area contributed by atoms with Crippen molar-refractivity contribution >= 4 is 33.5 Å². The molecule has 1 aromatic carbocycles. The molecule has 0 saturated carbocycles. The van der Waals surface area contributed by atoms with Gasteiger partial charge in [0.05, 0.1) is 17.9 Å². The molecule has 0 atom stereocenters. The summed E-state index contributed by atoms with van der Waals surface area (Å²) in [5.41, 5.74) is 0.491. The molecule has 21 heavy (non-hydrogen) atoms. The molecule has 3 N–H and O–H groups in total. The summed E-state index contributed by atoms with van der Waals surface area (Å²) in [5.74, 6) is -0.913. The Morgan fingerprint density at radius 3 is 2.71 bits per heavy atom. The molecule has 2 aromatic rings. The molecule has 0 unspecified atom stereocenters. The van der Waals surface area contributed by atoms with E-state index < -0.39 is 17.6 Å². The molecule has 1 aromatic heterocycles. The fourth-order valence-electron chi connectivity index (χ4n) is 1.60. The number of aromatic nitrogens is 2. The molecule has 0 spiro atoms. The second-order valence-electron chi connectivity index (χ2n) is 4.03. The Balaban J connectivity index is 2.16. The zero-order chi connectivity index (χ0) is 15.4. The van der Waals surface area contributed by atoms with E-state index in [1.165, 1.54) is 12.3 Å². The number of esters is 1. The Morgan fingerprint density at radius 2 is 2.14 bits per heavy atom. The van der Waals surface area contributed by atoms with Crippen LogP contribution in [0.4, 0.5) is 5.69 Å². The van der Waals surface area contributed by atoms with Crippen molar-refractivity contribution in [3.63, 3.8) is 0 Å². The van der Waals surface area contributed by atoms with Crippen LogP contribution in [0, 0.1) is 0 Å². The van der Waals surface area contributed by atoms with Gasteiger partial charge in [-0.25, -0.2) is 9.59 Å². The molecule has 0 aliphatic heterocycles. The highest BCUT2D eigenvalue weighted by molar-refractivity contribution is 9.10. The van der Waals surface area contributed by atoms with Crippen LogP contribution in [0.5, 0.6) is 0 Å². The molecule has 110 valence electrons. The van der Waals surface area contributed by atoms with Crippen molar-refractivity contribution < 1.29 is 14.3 Å². The lowest BCUT2D eigenvalue weighted by atomic mass is 10.2. The summed E-state index contributed by atoms with van der Waals surface area (Å²) in [6, 6.07) is 4.66. The molecule has 0 fully saturated rings. The number of hydrogen-bond acceptors (Lipinski definition) is 4. The molecule has 2 rings (SSSR count). The van der Waals surface area contributed by atoms with E-state index >= 15 is 0 Å². The van der Waals surface area contributed by atoms with Gasteiger partial charge in [0, 0.05) is 10.7 Å². The SMILES string of the molecule is CCOC(=O)c1ccc(NC(=O)c2c[nH]c(=O)[nH]2)c(Br)c1. The summed E-state index contributed by atoms with van der Waals surface area (Å²) in [7, 11) is 0. The van der Waals surface area contributed by atoms with Crippen LogP contribution in [-0.4, -0.2) is 28.5 Å². The second-order valence-corrected chi connectivity index (χ2v) is 4.88. The minimum atomic E-state index is -0.474. The smallest absolute Gasteiger partial charge is 0.338 e. The standard InChI is InChI=1S/C13H12BrN3O4/c1-2-21-12(19)7-3-4-9(8(14)5-7)16-11(18)10-6-15-13(20)17-10/h3-6H,2H2,1H3,(H,16,18)(H2,15,17,20). The Morgan fingerprint density at radius 1 is 1.38 bits per heavy atom. The molecule has 8 heteroatoms. The summed E-state index contributed by atoms with van der Waals surface area (Å²) in [6.07, 6.45) is 1.28. The van der Waals surface area contributed by atoms with Crippen LogP contribution in [0.1, 0.15) is 27.8 Å². The minimum Gasteiger partial charge on any atom is -0.462 e. The van der Waals surface area contributed by atoms with Gasteiger partial charge >= 0.3 is 11.7 Å². The normalized spacial score (nSPS) is 10.2. The van der Waals surface area contributed by atoms with Gasteiger partial charge in [-0.2, -0.15) is 0 Å². The van der Waals surface area contributed by atoms with Crippen molar-refractivity contribution in [1.29, 1.82) is 0 Å². The van der Waals surface area contributed by atoms with E-state index in [9.17, 15) is 14.4 Å². The van der Waals surface area contributed by atoms with Crippen LogP contribution in [0.15, 0.2) is 33.7 Å². The fourth-order valence-corrected chi connectivity index (χ4v) is 2.08. The topological polar surface area (TPSA) is 104 Å². The summed E-state index contributed by atoms with van der Waals surface area (Å²) in [6.45, 7) is 2.01. The Kier molecular flexibility index (Phi) is 4.59. The van der Waals surface area contributed by atoms with Crippen molar-refractivity contribution in [2.75, 3.05) is 11.9 Å². The van der Waals surface area contributed by atoms with Crippen molar-refractivity contribution in [3.05, 3.63) is 50.6 Å². The number of nitrogens with one attached hydrogen (secondary N) is 3. The number of aromatic amines is 2.